The molecule has 1 heterocycles. The number of hydrogen-bond acceptors (Lipinski definition) is 3. The molecule has 170 valence electrons. The van der Waals surface area contributed by atoms with Crippen LogP contribution in [-0.2, 0) is 9.53 Å². The quantitative estimate of drug-likeness (QED) is 0.511. The van der Waals surface area contributed by atoms with Gasteiger partial charge in [0.25, 0.3) is 0 Å². The zero-order valence-electron chi connectivity index (χ0n) is 20.2. The second-order valence-corrected chi connectivity index (χ2v) is 12.3. The molecule has 0 aromatic rings. The van der Waals surface area contributed by atoms with Crippen LogP contribution in [0.4, 0.5) is 0 Å². The van der Waals surface area contributed by atoms with Crippen LogP contribution >= 0.6 is 0 Å². The molecule has 7 atom stereocenters. The highest BCUT2D eigenvalue weighted by Crippen LogP contribution is 2.67. The Bertz CT molecular complexity index is 724. The summed E-state index contributed by atoms with van der Waals surface area (Å²) in [7, 11) is 0. The van der Waals surface area contributed by atoms with Gasteiger partial charge in [-0.1, -0.05) is 53.9 Å². The molecule has 0 spiro atoms. The molecule has 0 aromatic heterocycles. The molecule has 4 rings (SSSR count). The van der Waals surface area contributed by atoms with Crippen molar-refractivity contribution in [2.24, 2.45) is 39.9 Å². The van der Waals surface area contributed by atoms with Gasteiger partial charge in [0.2, 0.25) is 0 Å². The van der Waals surface area contributed by atoms with Crippen molar-refractivity contribution in [2.75, 3.05) is 0 Å². The van der Waals surface area contributed by atoms with Gasteiger partial charge in [-0.3, -0.25) is 4.79 Å². The summed E-state index contributed by atoms with van der Waals surface area (Å²) < 4.78 is 6.23. The van der Waals surface area contributed by atoms with Gasteiger partial charge in [-0.15, -0.1) is 0 Å². The van der Waals surface area contributed by atoms with Crippen molar-refractivity contribution in [3.63, 3.8) is 0 Å². The van der Waals surface area contributed by atoms with E-state index in [-0.39, 0.29) is 22.9 Å². The minimum absolute atomic E-state index is 0.0832. The fraction of sp³-hybridized carbons (Fsp3) is 0.889. The van der Waals surface area contributed by atoms with E-state index in [1.54, 1.807) is 0 Å². The van der Waals surface area contributed by atoms with E-state index in [1.165, 1.54) is 37.7 Å². The Balaban J connectivity index is 1.60. The average molecular weight is 417 g/mol. The second-order valence-electron chi connectivity index (χ2n) is 12.3. The number of aliphatic hydroxyl groups is 1. The average Bonchev–Trinajstić information content (AvgIpc) is 3.01. The van der Waals surface area contributed by atoms with Crippen molar-refractivity contribution in [2.45, 2.75) is 112 Å². The Morgan fingerprint density at radius 3 is 2.47 bits per heavy atom. The lowest BCUT2D eigenvalue weighted by atomic mass is 9.49. The molecule has 0 saturated heterocycles. The summed E-state index contributed by atoms with van der Waals surface area (Å²) in [6.07, 6.45) is 10.6. The number of ether oxygens (including phenoxy) is 1. The topological polar surface area (TPSA) is 46.5 Å². The maximum Gasteiger partial charge on any atom is 0.317 e. The molecule has 1 aliphatic heterocycles. The highest BCUT2D eigenvalue weighted by Gasteiger charge is 2.63. The van der Waals surface area contributed by atoms with Gasteiger partial charge in [-0.25, -0.2) is 0 Å². The van der Waals surface area contributed by atoms with Gasteiger partial charge in [0.05, 0.1) is 11.5 Å². The molecule has 2 fully saturated rings. The number of hydrogen-bond donors (Lipinski definition) is 1. The predicted molar refractivity (Wildman–Crippen MR) is 121 cm³/mol. The first-order valence-corrected chi connectivity index (χ1v) is 12.7. The number of carbonyl (C=O) groups excluding carboxylic acids is 1. The van der Waals surface area contributed by atoms with Gasteiger partial charge >= 0.3 is 5.97 Å². The Kier molecular flexibility index (Phi) is 5.70. The third-order valence-corrected chi connectivity index (χ3v) is 10.2. The highest BCUT2D eigenvalue weighted by atomic mass is 16.5. The Morgan fingerprint density at radius 2 is 1.77 bits per heavy atom. The number of carbonyl (C=O) groups is 1. The van der Waals surface area contributed by atoms with Crippen LogP contribution in [-0.4, -0.2) is 17.2 Å². The standard InChI is InChI=1S/C27H44O3/c1-17(2)8-7-9-18(3)20-10-11-21-23-22(13-14-25(20,21)4)26(5)15-12-19(28)16-27(26,6)24(29)30-23/h17-21,28H,7-16H2,1-6H3/t18-,19+,20-,21+,25-,26-,27?/m1/s1. The molecule has 1 N–H and O–H groups in total. The third-order valence-electron chi connectivity index (χ3n) is 10.2. The molecule has 0 radical (unpaired) electrons. The monoisotopic (exact) mass is 416 g/mol. The summed E-state index contributed by atoms with van der Waals surface area (Å²) in [5.41, 5.74) is 0.944. The molecular formula is C27H44O3. The van der Waals surface area contributed by atoms with E-state index in [1.807, 2.05) is 6.92 Å². The molecule has 2 saturated carbocycles. The van der Waals surface area contributed by atoms with Crippen molar-refractivity contribution in [3.05, 3.63) is 11.3 Å². The minimum Gasteiger partial charge on any atom is -0.430 e. The first-order valence-electron chi connectivity index (χ1n) is 12.7. The van der Waals surface area contributed by atoms with Crippen molar-refractivity contribution in [1.82, 2.24) is 0 Å². The van der Waals surface area contributed by atoms with Crippen molar-refractivity contribution in [3.8, 4) is 0 Å². The maximum atomic E-state index is 13.3. The summed E-state index contributed by atoms with van der Waals surface area (Å²) in [6.45, 7) is 13.9. The van der Waals surface area contributed by atoms with E-state index < -0.39 is 5.41 Å². The molecule has 3 aliphatic carbocycles. The fourth-order valence-electron chi connectivity index (χ4n) is 7.98. The molecule has 0 amide bonds. The number of aliphatic hydroxyl groups excluding tert-OH is 1. The van der Waals surface area contributed by atoms with Gasteiger partial charge < -0.3 is 9.84 Å². The number of rotatable bonds is 5. The van der Waals surface area contributed by atoms with Crippen LogP contribution in [0.2, 0.25) is 0 Å². The fourth-order valence-corrected chi connectivity index (χ4v) is 7.98. The summed E-state index contributed by atoms with van der Waals surface area (Å²) in [6, 6.07) is 0. The zero-order valence-corrected chi connectivity index (χ0v) is 20.2. The molecule has 1 unspecified atom stereocenters. The first kappa shape index (κ1) is 22.4. The molecule has 3 nitrogen and oxygen atoms in total. The summed E-state index contributed by atoms with van der Waals surface area (Å²) in [5.74, 6) is 3.64. The molecule has 0 aromatic carbocycles. The molecule has 0 bridgehead atoms. The summed E-state index contributed by atoms with van der Waals surface area (Å²) in [4.78, 5) is 13.3. The molecule has 3 heteroatoms. The van der Waals surface area contributed by atoms with E-state index in [4.69, 9.17) is 4.74 Å². The van der Waals surface area contributed by atoms with Crippen LogP contribution in [0.1, 0.15) is 106 Å². The van der Waals surface area contributed by atoms with E-state index in [0.717, 1.165) is 49.2 Å². The van der Waals surface area contributed by atoms with E-state index >= 15 is 0 Å². The van der Waals surface area contributed by atoms with Gasteiger partial charge in [0.1, 0.15) is 5.76 Å². The molecular weight excluding hydrogens is 372 g/mol. The molecule has 30 heavy (non-hydrogen) atoms. The van der Waals surface area contributed by atoms with E-state index in [2.05, 4.69) is 34.6 Å². The Labute approximate surface area is 184 Å². The Hall–Kier alpha value is -0.830. The van der Waals surface area contributed by atoms with Crippen LogP contribution in [0, 0.1) is 39.9 Å². The van der Waals surface area contributed by atoms with Crippen LogP contribution in [0.15, 0.2) is 11.3 Å². The number of esters is 1. The largest absolute Gasteiger partial charge is 0.430 e. The van der Waals surface area contributed by atoms with Crippen molar-refractivity contribution in [1.29, 1.82) is 0 Å². The lowest BCUT2D eigenvalue weighted by Gasteiger charge is -2.57. The third kappa shape index (κ3) is 3.21. The summed E-state index contributed by atoms with van der Waals surface area (Å²) >= 11 is 0. The Morgan fingerprint density at radius 1 is 1.03 bits per heavy atom. The van der Waals surface area contributed by atoms with Crippen LogP contribution in [0.5, 0.6) is 0 Å². The van der Waals surface area contributed by atoms with E-state index in [0.29, 0.717) is 12.3 Å². The number of fused-ring (bicyclic) bond motifs is 4. The van der Waals surface area contributed by atoms with Crippen molar-refractivity contribution >= 4 is 5.97 Å². The maximum absolute atomic E-state index is 13.3. The van der Waals surface area contributed by atoms with Gasteiger partial charge in [-0.2, -0.15) is 0 Å². The lowest BCUT2D eigenvalue weighted by molar-refractivity contribution is -0.174. The highest BCUT2D eigenvalue weighted by molar-refractivity contribution is 5.81. The zero-order chi connectivity index (χ0) is 21.9. The lowest BCUT2D eigenvalue weighted by Crippen LogP contribution is -2.56. The van der Waals surface area contributed by atoms with Gasteiger partial charge in [0.15, 0.2) is 0 Å². The smallest absolute Gasteiger partial charge is 0.317 e. The van der Waals surface area contributed by atoms with Gasteiger partial charge in [0, 0.05) is 11.3 Å². The summed E-state index contributed by atoms with van der Waals surface area (Å²) in [5, 5.41) is 10.3. The van der Waals surface area contributed by atoms with Crippen molar-refractivity contribution < 1.29 is 14.6 Å². The minimum atomic E-state index is -0.584. The molecule has 4 aliphatic rings. The van der Waals surface area contributed by atoms with Crippen LogP contribution in [0.3, 0.4) is 0 Å². The normalized spacial score (nSPS) is 44.4. The number of allylic oxidation sites excluding steroid dienone is 2. The van der Waals surface area contributed by atoms with Gasteiger partial charge in [-0.05, 0) is 80.6 Å². The van der Waals surface area contributed by atoms with E-state index in [9.17, 15) is 9.90 Å². The van der Waals surface area contributed by atoms with Crippen LogP contribution < -0.4 is 0 Å². The first-order chi connectivity index (χ1) is 14.0. The predicted octanol–water partition coefficient (Wildman–Crippen LogP) is 6.64. The van der Waals surface area contributed by atoms with Crippen LogP contribution in [0.25, 0.3) is 0 Å². The second kappa shape index (κ2) is 7.64. The SMILES string of the molecule is CC(C)CCC[C@@H](C)[C@H]1CC[C@H]2C3=C(CC[C@]12C)[C@@]1(C)CC[C@H](O)CC1(C)C(=O)O3.